The van der Waals surface area contributed by atoms with Crippen LogP contribution in [0.4, 0.5) is 5.69 Å². The third kappa shape index (κ3) is 4.20. The second-order valence-electron chi connectivity index (χ2n) is 7.13. The number of carbonyl (C=O) groups is 3. The smallest absolute Gasteiger partial charge is 0.237 e. The fourth-order valence-corrected chi connectivity index (χ4v) is 4.43. The van der Waals surface area contributed by atoms with E-state index in [0.29, 0.717) is 19.0 Å². The van der Waals surface area contributed by atoms with Gasteiger partial charge in [0, 0.05) is 18.8 Å². The Kier molecular flexibility index (Phi) is 5.86. The topological polar surface area (TPSA) is 69.7 Å². The number of rotatable bonds is 5. The van der Waals surface area contributed by atoms with Gasteiger partial charge in [0.2, 0.25) is 17.7 Å². The molecule has 140 valence electrons. The van der Waals surface area contributed by atoms with Gasteiger partial charge < -0.3 is 15.1 Å². The van der Waals surface area contributed by atoms with Crippen molar-refractivity contribution in [2.75, 3.05) is 23.7 Å². The number of thioether (sulfide) groups is 1. The molecule has 1 unspecified atom stereocenters. The highest BCUT2D eigenvalue weighted by atomic mass is 32.2. The van der Waals surface area contributed by atoms with Crippen molar-refractivity contribution in [2.24, 2.45) is 5.92 Å². The summed E-state index contributed by atoms with van der Waals surface area (Å²) in [6.45, 7) is 5.34. The molecule has 0 aromatic heterocycles. The minimum absolute atomic E-state index is 0.0129. The van der Waals surface area contributed by atoms with Crippen molar-refractivity contribution in [3.8, 4) is 0 Å². The standard InChI is InChI=1S/C19H25N3O3S/c1-13(2)11-22-17(24)10-16(23)20-19(22)26-12-18(25)21-9-5-7-14-6-3-4-8-15(14)21/h3-4,6,8,13,19H,5,7,9-12H2,1-2H3,(H,20,23). The summed E-state index contributed by atoms with van der Waals surface area (Å²) in [4.78, 5) is 40.3. The number of hydrogen-bond donors (Lipinski definition) is 1. The predicted octanol–water partition coefficient (Wildman–Crippen LogP) is 1.99. The molecule has 1 aromatic rings. The highest BCUT2D eigenvalue weighted by molar-refractivity contribution is 8.00. The van der Waals surface area contributed by atoms with Gasteiger partial charge in [0.05, 0.1) is 5.75 Å². The SMILES string of the molecule is CC(C)CN1C(=O)CC(=O)NC1SCC(=O)N1CCCc2ccccc21. The molecule has 26 heavy (non-hydrogen) atoms. The van der Waals surface area contributed by atoms with Gasteiger partial charge in [-0.2, -0.15) is 0 Å². The summed E-state index contributed by atoms with van der Waals surface area (Å²) in [7, 11) is 0. The molecule has 3 rings (SSSR count). The number of nitrogens with one attached hydrogen (secondary N) is 1. The first-order chi connectivity index (χ1) is 12.5. The van der Waals surface area contributed by atoms with Gasteiger partial charge in [-0.15, -0.1) is 11.8 Å². The maximum absolute atomic E-state index is 12.8. The monoisotopic (exact) mass is 375 g/mol. The van der Waals surface area contributed by atoms with Gasteiger partial charge in [-0.25, -0.2) is 0 Å². The zero-order valence-corrected chi connectivity index (χ0v) is 16.1. The van der Waals surface area contributed by atoms with Gasteiger partial charge in [-0.3, -0.25) is 14.4 Å². The minimum atomic E-state index is -0.477. The van der Waals surface area contributed by atoms with Crippen LogP contribution in [0.1, 0.15) is 32.3 Å². The van der Waals surface area contributed by atoms with Crippen LogP contribution in [-0.2, 0) is 20.8 Å². The van der Waals surface area contributed by atoms with Gasteiger partial charge in [0.15, 0.2) is 5.50 Å². The van der Waals surface area contributed by atoms with E-state index in [0.717, 1.165) is 18.5 Å². The molecule has 1 atom stereocenters. The van der Waals surface area contributed by atoms with Crippen LogP contribution in [0.15, 0.2) is 24.3 Å². The molecule has 0 aliphatic carbocycles. The van der Waals surface area contributed by atoms with Gasteiger partial charge in [-0.1, -0.05) is 32.0 Å². The van der Waals surface area contributed by atoms with E-state index in [4.69, 9.17) is 0 Å². The van der Waals surface area contributed by atoms with E-state index in [1.165, 1.54) is 17.3 Å². The molecule has 0 saturated carbocycles. The Morgan fingerprint density at radius 3 is 2.85 bits per heavy atom. The number of carbonyl (C=O) groups excluding carboxylic acids is 3. The largest absolute Gasteiger partial charge is 0.327 e. The van der Waals surface area contributed by atoms with Crippen molar-refractivity contribution in [3.05, 3.63) is 29.8 Å². The Hall–Kier alpha value is -2.02. The summed E-state index contributed by atoms with van der Waals surface area (Å²) in [5.41, 5.74) is 1.70. The molecule has 1 N–H and O–H groups in total. The summed E-state index contributed by atoms with van der Waals surface area (Å²) in [5.74, 6) is 0.0841. The van der Waals surface area contributed by atoms with E-state index in [-0.39, 0.29) is 29.9 Å². The van der Waals surface area contributed by atoms with Crippen LogP contribution >= 0.6 is 11.8 Å². The molecule has 6 nitrogen and oxygen atoms in total. The second-order valence-corrected chi connectivity index (χ2v) is 8.19. The molecule has 0 bridgehead atoms. The Labute approximate surface area is 158 Å². The zero-order chi connectivity index (χ0) is 18.7. The van der Waals surface area contributed by atoms with Crippen molar-refractivity contribution in [3.63, 3.8) is 0 Å². The molecule has 1 fully saturated rings. The van der Waals surface area contributed by atoms with Gasteiger partial charge in [0.1, 0.15) is 6.42 Å². The van der Waals surface area contributed by atoms with Crippen LogP contribution in [0, 0.1) is 5.92 Å². The summed E-state index contributed by atoms with van der Waals surface area (Å²) >= 11 is 1.31. The van der Waals surface area contributed by atoms with Crippen molar-refractivity contribution >= 4 is 35.2 Å². The number of nitrogens with zero attached hydrogens (tertiary/aromatic N) is 2. The van der Waals surface area contributed by atoms with Crippen LogP contribution in [0.5, 0.6) is 0 Å². The van der Waals surface area contributed by atoms with E-state index in [1.807, 2.05) is 36.9 Å². The summed E-state index contributed by atoms with van der Waals surface area (Å²) in [6.07, 6.45) is 1.82. The fourth-order valence-electron chi connectivity index (χ4n) is 3.38. The number of fused-ring (bicyclic) bond motifs is 1. The van der Waals surface area contributed by atoms with E-state index in [1.54, 1.807) is 4.90 Å². The summed E-state index contributed by atoms with van der Waals surface area (Å²) in [6, 6.07) is 7.98. The van der Waals surface area contributed by atoms with E-state index in [2.05, 4.69) is 11.4 Å². The molecule has 1 saturated heterocycles. The molecule has 2 aliphatic heterocycles. The number of aryl methyl sites for hydroxylation is 1. The molecule has 7 heteroatoms. The molecule has 2 aliphatic rings. The third-order valence-electron chi connectivity index (χ3n) is 4.54. The van der Waals surface area contributed by atoms with E-state index >= 15 is 0 Å². The Morgan fingerprint density at radius 2 is 2.08 bits per heavy atom. The molecule has 1 aromatic carbocycles. The van der Waals surface area contributed by atoms with E-state index in [9.17, 15) is 14.4 Å². The predicted molar refractivity (Wildman–Crippen MR) is 103 cm³/mol. The maximum Gasteiger partial charge on any atom is 0.237 e. The number of amides is 3. The molecule has 3 amide bonds. The Morgan fingerprint density at radius 1 is 1.31 bits per heavy atom. The van der Waals surface area contributed by atoms with Crippen LogP contribution < -0.4 is 10.2 Å². The highest BCUT2D eigenvalue weighted by Crippen LogP contribution is 2.28. The lowest BCUT2D eigenvalue weighted by Crippen LogP contribution is -2.56. The molecular formula is C19H25N3O3S. The molecular weight excluding hydrogens is 350 g/mol. The second kappa shape index (κ2) is 8.12. The highest BCUT2D eigenvalue weighted by Gasteiger charge is 2.33. The Bertz CT molecular complexity index is 707. The average Bonchev–Trinajstić information content (AvgIpc) is 2.61. The zero-order valence-electron chi connectivity index (χ0n) is 15.2. The number of para-hydroxylation sites is 1. The lowest BCUT2D eigenvalue weighted by Gasteiger charge is -2.37. The number of benzene rings is 1. The third-order valence-corrected chi connectivity index (χ3v) is 5.64. The quantitative estimate of drug-likeness (QED) is 0.799. The van der Waals surface area contributed by atoms with Gasteiger partial charge in [0.25, 0.3) is 0 Å². The normalized spacial score (nSPS) is 20.2. The fraction of sp³-hybridized carbons (Fsp3) is 0.526. The number of anilines is 1. The van der Waals surface area contributed by atoms with E-state index < -0.39 is 5.50 Å². The lowest BCUT2D eigenvalue weighted by atomic mass is 10.0. The summed E-state index contributed by atoms with van der Waals surface area (Å²) < 4.78 is 0. The molecule has 0 radical (unpaired) electrons. The van der Waals surface area contributed by atoms with Crippen molar-refractivity contribution in [1.29, 1.82) is 0 Å². The first-order valence-corrected chi connectivity index (χ1v) is 10.1. The van der Waals surface area contributed by atoms with Crippen LogP contribution in [0.2, 0.25) is 0 Å². The van der Waals surface area contributed by atoms with Crippen LogP contribution in [-0.4, -0.2) is 47.0 Å². The van der Waals surface area contributed by atoms with Crippen molar-refractivity contribution < 1.29 is 14.4 Å². The molecule has 0 spiro atoms. The lowest BCUT2D eigenvalue weighted by molar-refractivity contribution is -0.142. The van der Waals surface area contributed by atoms with Crippen molar-refractivity contribution in [1.82, 2.24) is 10.2 Å². The summed E-state index contributed by atoms with van der Waals surface area (Å²) in [5, 5.41) is 2.84. The van der Waals surface area contributed by atoms with Gasteiger partial charge >= 0.3 is 0 Å². The minimum Gasteiger partial charge on any atom is -0.327 e. The first kappa shape index (κ1) is 18.8. The Balaban J connectivity index is 1.66. The van der Waals surface area contributed by atoms with Crippen LogP contribution in [0.25, 0.3) is 0 Å². The van der Waals surface area contributed by atoms with Crippen LogP contribution in [0.3, 0.4) is 0 Å². The van der Waals surface area contributed by atoms with Gasteiger partial charge in [-0.05, 0) is 30.4 Å². The average molecular weight is 375 g/mol. The first-order valence-electron chi connectivity index (χ1n) is 9.04. The molecule has 2 heterocycles. The maximum atomic E-state index is 12.8. The number of hydrogen-bond acceptors (Lipinski definition) is 4. The van der Waals surface area contributed by atoms with Crippen molar-refractivity contribution in [2.45, 2.75) is 38.6 Å².